The molecule has 0 nitrogen and oxygen atoms in total. The van der Waals surface area contributed by atoms with Crippen molar-refractivity contribution in [2.75, 3.05) is 0 Å². The third kappa shape index (κ3) is 4.76. The SMILES string of the molecule is C[C](C)=[Zr]([Cl])([Cl])([CH]1C=C(CC2CCCCC2)c2ccccc21)[CH]1C=C(CC2CCCCC2)c2ccccc21. The second-order valence-corrected chi connectivity index (χ2v) is 35.0. The summed E-state index contributed by atoms with van der Waals surface area (Å²) in [5, 5.41) is 0. The zero-order chi connectivity index (χ0) is 26.4. The summed E-state index contributed by atoms with van der Waals surface area (Å²) in [4.78, 5) is 0. The van der Waals surface area contributed by atoms with Gasteiger partial charge in [-0.3, -0.25) is 0 Å². The number of halogens is 2. The van der Waals surface area contributed by atoms with E-state index in [1.807, 2.05) is 0 Å². The van der Waals surface area contributed by atoms with Gasteiger partial charge in [0, 0.05) is 0 Å². The average molecular weight is 627 g/mol. The first-order valence-electron chi connectivity index (χ1n) is 15.3. The van der Waals surface area contributed by atoms with E-state index in [2.05, 4.69) is 74.5 Å². The van der Waals surface area contributed by atoms with Crippen LogP contribution in [-0.2, 0) is 15.9 Å². The van der Waals surface area contributed by atoms with Crippen LogP contribution in [0.5, 0.6) is 0 Å². The summed E-state index contributed by atoms with van der Waals surface area (Å²) in [6, 6.07) is 18.2. The molecule has 38 heavy (non-hydrogen) atoms. The molecule has 6 rings (SSSR count). The Balaban J connectivity index is 1.45. The second kappa shape index (κ2) is 10.9. The van der Waals surface area contributed by atoms with Crippen molar-refractivity contribution in [1.82, 2.24) is 0 Å². The fourth-order valence-electron chi connectivity index (χ4n) is 8.33. The first-order chi connectivity index (χ1) is 18.4. The van der Waals surface area contributed by atoms with Crippen LogP contribution >= 0.6 is 17.0 Å². The summed E-state index contributed by atoms with van der Waals surface area (Å²) < 4.78 is 1.55. The molecular formula is C35H44Cl2Zr. The molecular weight excluding hydrogens is 583 g/mol. The number of hydrogen-bond donors (Lipinski definition) is 0. The van der Waals surface area contributed by atoms with Gasteiger partial charge in [-0.15, -0.1) is 0 Å². The van der Waals surface area contributed by atoms with Crippen LogP contribution in [-0.4, -0.2) is 3.21 Å². The molecule has 0 bridgehead atoms. The zero-order valence-corrected chi connectivity index (χ0v) is 27.3. The van der Waals surface area contributed by atoms with E-state index in [4.69, 9.17) is 17.0 Å². The Hall–Kier alpha value is -0.747. The van der Waals surface area contributed by atoms with Crippen LogP contribution in [0.3, 0.4) is 0 Å². The number of hydrogen-bond acceptors (Lipinski definition) is 0. The molecule has 4 aliphatic carbocycles. The van der Waals surface area contributed by atoms with Gasteiger partial charge in [-0.1, -0.05) is 0 Å². The van der Waals surface area contributed by atoms with Crippen LogP contribution in [0.4, 0.5) is 0 Å². The molecule has 3 heteroatoms. The predicted octanol–water partition coefficient (Wildman–Crippen LogP) is 11.4. The van der Waals surface area contributed by atoms with E-state index in [1.165, 1.54) is 114 Å². The molecule has 0 radical (unpaired) electrons. The molecule has 0 spiro atoms. The molecule has 0 saturated heterocycles. The molecule has 2 aromatic rings. The van der Waals surface area contributed by atoms with E-state index in [0.29, 0.717) is 0 Å². The standard InChI is InChI=1S/2C16H19.C3H6.2ClH.Zr/c2*1-2-6-13(7-3-1)12-15-11-10-14-8-4-5-9-16(14)15;1-3-2;;;/h2*4-5,8-11,13H,1-3,6-7,12H2;1-2H3;2*1H;/q;;;;;+2/p-2. The van der Waals surface area contributed by atoms with Crippen molar-refractivity contribution in [3.8, 4) is 0 Å². The normalized spacial score (nSPS) is 24.6. The Morgan fingerprint density at radius 3 is 1.42 bits per heavy atom. The van der Waals surface area contributed by atoms with Crippen molar-refractivity contribution in [2.45, 2.75) is 98.1 Å². The van der Waals surface area contributed by atoms with Gasteiger partial charge in [-0.25, -0.2) is 0 Å². The van der Waals surface area contributed by atoms with E-state index >= 15 is 0 Å². The van der Waals surface area contributed by atoms with Crippen molar-refractivity contribution in [3.63, 3.8) is 0 Å². The van der Waals surface area contributed by atoms with Crippen LogP contribution < -0.4 is 0 Å². The Kier molecular flexibility index (Phi) is 7.88. The van der Waals surface area contributed by atoms with Crippen molar-refractivity contribution in [3.05, 3.63) is 82.9 Å². The van der Waals surface area contributed by atoms with Crippen molar-refractivity contribution in [2.24, 2.45) is 11.8 Å². The van der Waals surface area contributed by atoms with Crippen molar-refractivity contribution in [1.29, 1.82) is 0 Å². The third-order valence-corrected chi connectivity index (χ3v) is 33.3. The molecule has 2 saturated carbocycles. The quantitative estimate of drug-likeness (QED) is 0.299. The van der Waals surface area contributed by atoms with Gasteiger partial charge >= 0.3 is 240 Å². The summed E-state index contributed by atoms with van der Waals surface area (Å²) in [6.45, 7) is 4.49. The summed E-state index contributed by atoms with van der Waals surface area (Å²) in [5.74, 6) is 1.60. The Labute approximate surface area is 238 Å². The number of fused-ring (bicyclic) bond motifs is 2. The molecule has 202 valence electrons. The summed E-state index contributed by atoms with van der Waals surface area (Å²) in [7, 11) is 16.5. The van der Waals surface area contributed by atoms with E-state index in [1.54, 1.807) is 0 Å². The molecule has 0 amide bonds. The fourth-order valence-corrected chi connectivity index (χ4v) is 23.1. The van der Waals surface area contributed by atoms with Gasteiger partial charge in [0.05, 0.1) is 0 Å². The first kappa shape index (κ1) is 27.4. The zero-order valence-electron chi connectivity index (χ0n) is 23.3. The minimum absolute atomic E-state index is 0.128. The summed E-state index contributed by atoms with van der Waals surface area (Å²) >= 11 is -4.69. The van der Waals surface area contributed by atoms with Crippen LogP contribution in [0.15, 0.2) is 60.7 Å². The van der Waals surface area contributed by atoms with Crippen LogP contribution in [0.25, 0.3) is 11.1 Å². The average Bonchev–Trinajstić information content (AvgIpc) is 3.50. The number of allylic oxidation sites excluding steroid dienone is 4. The Bertz CT molecular complexity index is 1230. The van der Waals surface area contributed by atoms with E-state index in [0.717, 1.165) is 11.8 Å². The molecule has 2 aromatic carbocycles. The summed E-state index contributed by atoms with van der Waals surface area (Å²) in [5.41, 5.74) is 8.65. The third-order valence-electron chi connectivity index (χ3n) is 10.6. The van der Waals surface area contributed by atoms with Crippen molar-refractivity contribution < 1.29 is 15.9 Å². The van der Waals surface area contributed by atoms with Crippen LogP contribution in [0.2, 0.25) is 0 Å². The molecule has 0 aromatic heterocycles. The molecule has 2 fully saturated rings. The summed E-state index contributed by atoms with van der Waals surface area (Å²) in [6.07, 6.45) is 21.3. The molecule has 4 aliphatic rings. The van der Waals surface area contributed by atoms with Gasteiger partial charge in [0.2, 0.25) is 0 Å². The van der Waals surface area contributed by atoms with Gasteiger partial charge in [-0.05, 0) is 0 Å². The maximum absolute atomic E-state index is 8.26. The van der Waals surface area contributed by atoms with E-state index < -0.39 is 15.9 Å². The van der Waals surface area contributed by atoms with Crippen LogP contribution in [0, 0.1) is 11.8 Å². The molecule has 0 aliphatic heterocycles. The van der Waals surface area contributed by atoms with Gasteiger partial charge in [-0.2, -0.15) is 0 Å². The Morgan fingerprint density at radius 1 is 0.632 bits per heavy atom. The molecule has 0 heterocycles. The number of rotatable bonds is 6. The first-order valence-corrected chi connectivity index (χ1v) is 25.7. The van der Waals surface area contributed by atoms with Gasteiger partial charge in [0.25, 0.3) is 0 Å². The molecule has 0 N–H and O–H groups in total. The van der Waals surface area contributed by atoms with Crippen LogP contribution in [0.1, 0.15) is 120 Å². The van der Waals surface area contributed by atoms with E-state index in [-0.39, 0.29) is 7.25 Å². The second-order valence-electron chi connectivity index (χ2n) is 13.1. The fraction of sp³-hybridized carbons (Fsp3) is 0.514. The molecule has 2 unspecified atom stereocenters. The number of benzene rings is 2. The Morgan fingerprint density at radius 2 is 1.03 bits per heavy atom. The maximum atomic E-state index is 8.26. The van der Waals surface area contributed by atoms with E-state index in [9.17, 15) is 0 Å². The predicted molar refractivity (Wildman–Crippen MR) is 165 cm³/mol. The topological polar surface area (TPSA) is 0 Å². The minimum atomic E-state index is -4.69. The van der Waals surface area contributed by atoms with Crippen molar-refractivity contribution >= 4 is 31.4 Å². The van der Waals surface area contributed by atoms with Gasteiger partial charge in [0.15, 0.2) is 0 Å². The molecule has 2 atom stereocenters. The van der Waals surface area contributed by atoms with Gasteiger partial charge < -0.3 is 0 Å². The van der Waals surface area contributed by atoms with Gasteiger partial charge in [0.1, 0.15) is 0 Å². The monoisotopic (exact) mass is 624 g/mol.